The lowest BCUT2D eigenvalue weighted by atomic mass is 9.99. The van der Waals surface area contributed by atoms with Crippen molar-refractivity contribution < 1.29 is 14.2 Å². The Hall–Kier alpha value is -3.34. The zero-order chi connectivity index (χ0) is 25.8. The number of pyridine rings is 1. The van der Waals surface area contributed by atoms with Crippen LogP contribution >= 0.6 is 0 Å². The van der Waals surface area contributed by atoms with Crippen LogP contribution in [0, 0.1) is 17.2 Å². The SMILES string of the molecule is COc1ccc2ncc(C#N)c(CCN3CC(C)CC(NCc4ccc5c(c4)OCCO5)CC3C)c2c1. The van der Waals surface area contributed by atoms with Gasteiger partial charge in [-0.2, -0.15) is 5.26 Å². The largest absolute Gasteiger partial charge is 0.497 e. The van der Waals surface area contributed by atoms with Crippen LogP contribution in [0.5, 0.6) is 17.2 Å². The average Bonchev–Trinajstić information content (AvgIpc) is 3.06. The number of nitriles is 1. The fourth-order valence-electron chi connectivity index (χ4n) is 5.71. The van der Waals surface area contributed by atoms with Crippen molar-refractivity contribution in [2.75, 3.05) is 33.4 Å². The highest BCUT2D eigenvalue weighted by Crippen LogP contribution is 2.31. The molecule has 0 aliphatic carbocycles. The molecule has 1 aromatic heterocycles. The van der Waals surface area contributed by atoms with E-state index in [1.54, 1.807) is 13.3 Å². The molecular weight excluding hydrogens is 464 g/mol. The molecule has 0 saturated carbocycles. The number of methoxy groups -OCH3 is 1. The molecular formula is C30H36N4O3. The Morgan fingerprint density at radius 3 is 2.76 bits per heavy atom. The molecule has 0 bridgehead atoms. The number of hydrogen-bond acceptors (Lipinski definition) is 7. The molecule has 0 amide bonds. The number of fused-ring (bicyclic) bond motifs is 2. The van der Waals surface area contributed by atoms with Crippen LogP contribution in [0.4, 0.5) is 0 Å². The van der Waals surface area contributed by atoms with Gasteiger partial charge in [-0.1, -0.05) is 13.0 Å². The van der Waals surface area contributed by atoms with Crippen LogP contribution in [0.25, 0.3) is 10.9 Å². The van der Waals surface area contributed by atoms with E-state index in [2.05, 4.69) is 47.3 Å². The summed E-state index contributed by atoms with van der Waals surface area (Å²) in [7, 11) is 1.67. The fraction of sp³-hybridized carbons (Fsp3) is 0.467. The molecule has 2 aromatic carbocycles. The van der Waals surface area contributed by atoms with Crippen LogP contribution in [-0.4, -0.2) is 55.4 Å². The highest BCUT2D eigenvalue weighted by Gasteiger charge is 2.27. The molecule has 0 spiro atoms. The summed E-state index contributed by atoms with van der Waals surface area (Å²) < 4.78 is 16.9. The summed E-state index contributed by atoms with van der Waals surface area (Å²) >= 11 is 0. The maximum Gasteiger partial charge on any atom is 0.161 e. The van der Waals surface area contributed by atoms with Crippen molar-refractivity contribution in [1.29, 1.82) is 5.26 Å². The van der Waals surface area contributed by atoms with Gasteiger partial charge < -0.3 is 24.4 Å². The first kappa shape index (κ1) is 25.3. The maximum atomic E-state index is 9.78. The second-order valence-corrected chi connectivity index (χ2v) is 10.4. The Balaban J connectivity index is 1.24. The fourth-order valence-corrected chi connectivity index (χ4v) is 5.71. The van der Waals surface area contributed by atoms with Gasteiger partial charge in [0.2, 0.25) is 0 Å². The summed E-state index contributed by atoms with van der Waals surface area (Å²) in [4.78, 5) is 7.08. The molecule has 7 nitrogen and oxygen atoms in total. The second kappa shape index (κ2) is 11.4. The van der Waals surface area contributed by atoms with Crippen LogP contribution < -0.4 is 19.5 Å². The van der Waals surface area contributed by atoms with E-state index >= 15 is 0 Å². The van der Waals surface area contributed by atoms with Gasteiger partial charge >= 0.3 is 0 Å². The number of ether oxygens (including phenoxy) is 3. The summed E-state index contributed by atoms with van der Waals surface area (Å²) in [5.41, 5.74) is 3.82. The first-order chi connectivity index (χ1) is 18.0. The lowest BCUT2D eigenvalue weighted by Gasteiger charge is -2.29. The Kier molecular flexibility index (Phi) is 7.78. The van der Waals surface area contributed by atoms with Gasteiger partial charge in [-0.25, -0.2) is 0 Å². The van der Waals surface area contributed by atoms with Crippen LogP contribution in [0.15, 0.2) is 42.6 Å². The Morgan fingerprint density at radius 2 is 1.95 bits per heavy atom. The predicted molar refractivity (Wildman–Crippen MR) is 144 cm³/mol. The number of aromatic nitrogens is 1. The summed E-state index contributed by atoms with van der Waals surface area (Å²) in [5, 5.41) is 14.6. The minimum atomic E-state index is 0.441. The monoisotopic (exact) mass is 500 g/mol. The van der Waals surface area contributed by atoms with Crippen molar-refractivity contribution in [1.82, 2.24) is 15.2 Å². The van der Waals surface area contributed by atoms with Crippen molar-refractivity contribution in [2.45, 2.75) is 51.7 Å². The lowest BCUT2D eigenvalue weighted by molar-refractivity contribution is 0.171. The minimum Gasteiger partial charge on any atom is -0.497 e. The molecule has 3 unspecified atom stereocenters. The van der Waals surface area contributed by atoms with Crippen molar-refractivity contribution in [2.24, 2.45) is 5.92 Å². The smallest absolute Gasteiger partial charge is 0.161 e. The number of nitrogens with zero attached hydrogens (tertiary/aromatic N) is 3. The minimum absolute atomic E-state index is 0.441. The first-order valence-corrected chi connectivity index (χ1v) is 13.3. The quantitative estimate of drug-likeness (QED) is 0.503. The van der Waals surface area contributed by atoms with E-state index in [4.69, 9.17) is 14.2 Å². The van der Waals surface area contributed by atoms with Crippen molar-refractivity contribution >= 4 is 10.9 Å². The lowest BCUT2D eigenvalue weighted by Crippen LogP contribution is -2.38. The standard InChI is InChI=1S/C30H36N4O3/c1-20-12-24(32-17-22-4-7-29-30(14-22)37-11-10-36-29)13-21(2)34(19-20)9-8-26-23(16-31)18-33-28-6-5-25(35-3)15-27(26)28/h4-7,14-15,18,20-21,24,32H,8-13,17,19H2,1-3H3. The van der Waals surface area contributed by atoms with Gasteiger partial charge in [0.1, 0.15) is 25.0 Å². The molecule has 3 aromatic rings. The number of nitrogens with one attached hydrogen (secondary N) is 1. The Labute approximate surface area is 219 Å². The van der Waals surface area contributed by atoms with Crippen LogP contribution in [0.3, 0.4) is 0 Å². The molecule has 37 heavy (non-hydrogen) atoms. The van der Waals surface area contributed by atoms with Crippen LogP contribution in [0.2, 0.25) is 0 Å². The van der Waals surface area contributed by atoms with E-state index < -0.39 is 0 Å². The normalized spacial score (nSPS) is 21.8. The van der Waals surface area contributed by atoms with Gasteiger partial charge in [0.25, 0.3) is 0 Å². The molecule has 1 N–H and O–H groups in total. The van der Waals surface area contributed by atoms with Crippen molar-refractivity contribution in [3.63, 3.8) is 0 Å². The van der Waals surface area contributed by atoms with Crippen LogP contribution in [-0.2, 0) is 13.0 Å². The molecule has 194 valence electrons. The van der Waals surface area contributed by atoms with Gasteiger partial charge in [-0.05, 0) is 73.6 Å². The third-order valence-corrected chi connectivity index (χ3v) is 7.64. The summed E-state index contributed by atoms with van der Waals surface area (Å²) in [6.07, 6.45) is 4.74. The van der Waals surface area contributed by atoms with Crippen molar-refractivity contribution in [3.8, 4) is 23.3 Å². The Morgan fingerprint density at radius 1 is 1.11 bits per heavy atom. The molecule has 3 heterocycles. The van der Waals surface area contributed by atoms with E-state index in [9.17, 15) is 5.26 Å². The molecule has 5 rings (SSSR count). The van der Waals surface area contributed by atoms with Gasteiger partial charge in [0.05, 0.1) is 18.2 Å². The number of hydrogen-bond donors (Lipinski definition) is 1. The third-order valence-electron chi connectivity index (χ3n) is 7.64. The van der Waals surface area contributed by atoms with E-state index in [0.717, 1.165) is 72.6 Å². The zero-order valence-corrected chi connectivity index (χ0v) is 22.0. The first-order valence-electron chi connectivity index (χ1n) is 13.3. The van der Waals surface area contributed by atoms with Gasteiger partial charge in [0, 0.05) is 43.3 Å². The highest BCUT2D eigenvalue weighted by atomic mass is 16.6. The van der Waals surface area contributed by atoms with E-state index in [0.29, 0.717) is 36.8 Å². The van der Waals surface area contributed by atoms with E-state index in [-0.39, 0.29) is 0 Å². The zero-order valence-electron chi connectivity index (χ0n) is 22.0. The molecule has 1 fully saturated rings. The topological polar surface area (TPSA) is 79.6 Å². The predicted octanol–water partition coefficient (Wildman–Crippen LogP) is 4.71. The van der Waals surface area contributed by atoms with Gasteiger partial charge in [-0.15, -0.1) is 0 Å². The summed E-state index contributed by atoms with van der Waals surface area (Å²) in [6, 6.07) is 15.4. The average molecular weight is 501 g/mol. The number of rotatable bonds is 7. The molecule has 3 atom stereocenters. The van der Waals surface area contributed by atoms with Crippen LogP contribution in [0.1, 0.15) is 43.4 Å². The molecule has 1 saturated heterocycles. The highest BCUT2D eigenvalue weighted by molar-refractivity contribution is 5.85. The number of benzene rings is 2. The maximum absolute atomic E-state index is 9.78. The van der Waals surface area contributed by atoms with Gasteiger partial charge in [-0.3, -0.25) is 4.98 Å². The van der Waals surface area contributed by atoms with Gasteiger partial charge in [0.15, 0.2) is 11.5 Å². The van der Waals surface area contributed by atoms with E-state index in [1.807, 2.05) is 24.3 Å². The molecule has 2 aliphatic rings. The summed E-state index contributed by atoms with van der Waals surface area (Å²) in [6.45, 7) is 8.67. The van der Waals surface area contributed by atoms with E-state index in [1.165, 1.54) is 5.56 Å². The number of likely N-dealkylation sites (tertiary alicyclic amines) is 1. The molecule has 2 aliphatic heterocycles. The molecule has 0 radical (unpaired) electrons. The second-order valence-electron chi connectivity index (χ2n) is 10.4. The molecule has 7 heteroatoms. The van der Waals surface area contributed by atoms with Crippen molar-refractivity contribution in [3.05, 3.63) is 59.3 Å². The third kappa shape index (κ3) is 5.82. The Bertz CT molecular complexity index is 1290. The summed E-state index contributed by atoms with van der Waals surface area (Å²) in [5.74, 6) is 3.04.